The molecular weight excluding hydrogens is 132 g/mol. The molecule has 0 unspecified atom stereocenters. The summed E-state index contributed by atoms with van der Waals surface area (Å²) in [5.74, 6) is -0.00282. The van der Waals surface area contributed by atoms with Crippen molar-refractivity contribution in [2.45, 2.75) is 19.8 Å². The SMILES string of the molecule is CC(=O)NCCCCNO. The Labute approximate surface area is 60.6 Å². The van der Waals surface area contributed by atoms with Gasteiger partial charge in [0.25, 0.3) is 0 Å². The van der Waals surface area contributed by atoms with E-state index in [0.29, 0.717) is 13.1 Å². The normalized spacial score (nSPS) is 9.40. The van der Waals surface area contributed by atoms with E-state index in [4.69, 9.17) is 5.21 Å². The van der Waals surface area contributed by atoms with Crippen LogP contribution in [0.3, 0.4) is 0 Å². The summed E-state index contributed by atoms with van der Waals surface area (Å²) in [5, 5.41) is 10.8. The Hall–Kier alpha value is -0.610. The van der Waals surface area contributed by atoms with Crippen molar-refractivity contribution in [3.05, 3.63) is 0 Å². The second kappa shape index (κ2) is 6.51. The number of carbonyl (C=O) groups is 1. The van der Waals surface area contributed by atoms with E-state index in [2.05, 4.69) is 5.32 Å². The second-order valence-electron chi connectivity index (χ2n) is 2.10. The Morgan fingerprint density at radius 1 is 1.40 bits per heavy atom. The molecule has 0 aromatic heterocycles. The summed E-state index contributed by atoms with van der Waals surface area (Å²) in [5.41, 5.74) is 2.04. The number of hydroxylamine groups is 1. The van der Waals surface area contributed by atoms with E-state index < -0.39 is 0 Å². The van der Waals surface area contributed by atoms with Crippen molar-refractivity contribution in [2.75, 3.05) is 13.1 Å². The minimum absolute atomic E-state index is 0.00282. The molecule has 0 aromatic rings. The smallest absolute Gasteiger partial charge is 0.216 e. The fraction of sp³-hybridized carbons (Fsp3) is 0.833. The minimum atomic E-state index is -0.00282. The fourth-order valence-electron chi connectivity index (χ4n) is 0.593. The van der Waals surface area contributed by atoms with Crippen molar-refractivity contribution >= 4 is 5.91 Å². The Morgan fingerprint density at radius 3 is 2.50 bits per heavy atom. The average Bonchev–Trinajstić information content (AvgIpc) is 1.87. The van der Waals surface area contributed by atoms with Crippen LogP contribution in [0.5, 0.6) is 0 Å². The molecule has 4 nitrogen and oxygen atoms in total. The summed E-state index contributed by atoms with van der Waals surface area (Å²) in [6.45, 7) is 2.76. The highest BCUT2D eigenvalue weighted by Crippen LogP contribution is 1.82. The Kier molecular flexibility index (Phi) is 6.11. The van der Waals surface area contributed by atoms with Gasteiger partial charge in [0.2, 0.25) is 5.91 Å². The molecule has 0 saturated carbocycles. The maximum Gasteiger partial charge on any atom is 0.216 e. The maximum absolute atomic E-state index is 10.3. The van der Waals surface area contributed by atoms with Gasteiger partial charge >= 0.3 is 0 Å². The van der Waals surface area contributed by atoms with Crippen LogP contribution in [0.25, 0.3) is 0 Å². The van der Waals surface area contributed by atoms with Gasteiger partial charge in [-0.1, -0.05) is 0 Å². The Bertz CT molecular complexity index is 95.7. The lowest BCUT2D eigenvalue weighted by molar-refractivity contribution is -0.118. The number of nitrogens with one attached hydrogen (secondary N) is 2. The molecule has 60 valence electrons. The summed E-state index contributed by atoms with van der Waals surface area (Å²) >= 11 is 0. The van der Waals surface area contributed by atoms with Crippen LogP contribution in [0.15, 0.2) is 0 Å². The van der Waals surface area contributed by atoms with E-state index in [0.717, 1.165) is 12.8 Å². The van der Waals surface area contributed by atoms with E-state index in [-0.39, 0.29) is 5.91 Å². The number of hydrogen-bond donors (Lipinski definition) is 3. The summed E-state index contributed by atoms with van der Waals surface area (Å²) in [7, 11) is 0. The highest BCUT2D eigenvalue weighted by molar-refractivity contribution is 5.72. The van der Waals surface area contributed by atoms with Crippen molar-refractivity contribution in [3.8, 4) is 0 Å². The van der Waals surface area contributed by atoms with Crippen LogP contribution >= 0.6 is 0 Å². The highest BCUT2D eigenvalue weighted by atomic mass is 16.5. The van der Waals surface area contributed by atoms with Crippen LogP contribution in [-0.4, -0.2) is 24.2 Å². The predicted octanol–water partition coefficient (Wildman–Crippen LogP) is -0.119. The van der Waals surface area contributed by atoms with Gasteiger partial charge < -0.3 is 10.5 Å². The van der Waals surface area contributed by atoms with Gasteiger partial charge in [0.15, 0.2) is 0 Å². The molecule has 0 aromatic carbocycles. The average molecular weight is 146 g/mol. The lowest BCUT2D eigenvalue weighted by Crippen LogP contribution is -2.21. The van der Waals surface area contributed by atoms with Gasteiger partial charge in [0.05, 0.1) is 0 Å². The Morgan fingerprint density at radius 2 is 2.00 bits per heavy atom. The molecule has 0 atom stereocenters. The number of amides is 1. The highest BCUT2D eigenvalue weighted by Gasteiger charge is 1.89. The van der Waals surface area contributed by atoms with Crippen molar-refractivity contribution in [1.82, 2.24) is 10.8 Å². The van der Waals surface area contributed by atoms with Crippen LogP contribution in [-0.2, 0) is 4.79 Å². The molecule has 0 spiro atoms. The molecular formula is C6H14N2O2. The molecule has 0 radical (unpaired) electrons. The van der Waals surface area contributed by atoms with Crippen molar-refractivity contribution < 1.29 is 10.0 Å². The van der Waals surface area contributed by atoms with Crippen LogP contribution in [0, 0.1) is 0 Å². The maximum atomic E-state index is 10.3. The monoisotopic (exact) mass is 146 g/mol. The molecule has 1 amide bonds. The number of carbonyl (C=O) groups excluding carboxylic acids is 1. The van der Waals surface area contributed by atoms with Crippen LogP contribution < -0.4 is 10.8 Å². The molecule has 0 saturated heterocycles. The van der Waals surface area contributed by atoms with Crippen molar-refractivity contribution in [2.24, 2.45) is 0 Å². The van der Waals surface area contributed by atoms with Gasteiger partial charge in [-0.3, -0.25) is 4.79 Å². The molecule has 0 aliphatic heterocycles. The first kappa shape index (κ1) is 9.39. The lowest BCUT2D eigenvalue weighted by Gasteiger charge is -1.99. The summed E-state index contributed by atoms with van der Waals surface area (Å²) in [6.07, 6.45) is 1.77. The van der Waals surface area contributed by atoms with E-state index in [9.17, 15) is 4.79 Å². The molecule has 10 heavy (non-hydrogen) atoms. The minimum Gasteiger partial charge on any atom is -0.356 e. The third-order valence-electron chi connectivity index (χ3n) is 1.09. The van der Waals surface area contributed by atoms with Crippen molar-refractivity contribution in [1.29, 1.82) is 0 Å². The molecule has 0 aliphatic carbocycles. The zero-order valence-corrected chi connectivity index (χ0v) is 6.18. The first-order valence-electron chi connectivity index (χ1n) is 3.38. The molecule has 0 bridgehead atoms. The van der Waals surface area contributed by atoms with Gasteiger partial charge in [-0.25, -0.2) is 5.48 Å². The molecule has 4 heteroatoms. The van der Waals surface area contributed by atoms with Crippen LogP contribution in [0.1, 0.15) is 19.8 Å². The molecule has 0 rings (SSSR count). The van der Waals surface area contributed by atoms with Gasteiger partial charge in [0.1, 0.15) is 0 Å². The molecule has 0 fully saturated rings. The Balaban J connectivity index is 2.84. The van der Waals surface area contributed by atoms with Crippen molar-refractivity contribution in [3.63, 3.8) is 0 Å². The first-order chi connectivity index (χ1) is 4.77. The summed E-state index contributed by atoms with van der Waals surface area (Å²) in [4.78, 5) is 10.3. The fourth-order valence-corrected chi connectivity index (χ4v) is 0.593. The van der Waals surface area contributed by atoms with Crippen LogP contribution in [0.2, 0.25) is 0 Å². The summed E-state index contributed by atoms with van der Waals surface area (Å²) < 4.78 is 0. The second-order valence-corrected chi connectivity index (χ2v) is 2.10. The van der Waals surface area contributed by atoms with E-state index >= 15 is 0 Å². The third kappa shape index (κ3) is 7.39. The number of unbranched alkanes of at least 4 members (excludes halogenated alkanes) is 1. The molecule has 3 N–H and O–H groups in total. The quantitative estimate of drug-likeness (QED) is 0.374. The standard InChI is InChI=1S/C6H14N2O2/c1-6(9)7-4-2-3-5-8-10/h8,10H,2-5H2,1H3,(H,7,9). The van der Waals surface area contributed by atoms with Gasteiger partial charge in [0, 0.05) is 20.0 Å². The van der Waals surface area contributed by atoms with E-state index in [1.165, 1.54) is 6.92 Å². The predicted molar refractivity (Wildman–Crippen MR) is 37.7 cm³/mol. The largest absolute Gasteiger partial charge is 0.356 e. The van der Waals surface area contributed by atoms with Gasteiger partial charge in [-0.15, -0.1) is 0 Å². The number of hydrogen-bond acceptors (Lipinski definition) is 3. The molecule has 0 aliphatic rings. The zero-order valence-electron chi connectivity index (χ0n) is 6.18. The van der Waals surface area contributed by atoms with E-state index in [1.54, 1.807) is 0 Å². The zero-order chi connectivity index (χ0) is 7.82. The lowest BCUT2D eigenvalue weighted by atomic mass is 10.3. The van der Waals surface area contributed by atoms with Gasteiger partial charge in [-0.2, -0.15) is 0 Å². The van der Waals surface area contributed by atoms with E-state index in [1.807, 2.05) is 5.48 Å². The first-order valence-corrected chi connectivity index (χ1v) is 3.38. The van der Waals surface area contributed by atoms with Gasteiger partial charge in [-0.05, 0) is 12.8 Å². The molecule has 0 heterocycles. The topological polar surface area (TPSA) is 61.4 Å². The number of rotatable bonds is 5. The van der Waals surface area contributed by atoms with Crippen LogP contribution in [0.4, 0.5) is 0 Å². The summed E-state index contributed by atoms with van der Waals surface area (Å²) in [6, 6.07) is 0. The third-order valence-corrected chi connectivity index (χ3v) is 1.09.